The standard InChI is InChI=1S/C26H22N2O5/c1-31-23-11-4-5-12-24(23)32-17-26(30)28-20-9-6-8-19(16-20)27-25(29)14-13-21-15-18-7-2-3-10-22(18)33-21/h2-16H,17H2,1H3,(H,27,29)(H,28,30)/b14-13+. The molecule has 1 aromatic heterocycles. The molecule has 4 rings (SSSR count). The van der Waals surface area contributed by atoms with Crippen molar-refractivity contribution in [2.45, 2.75) is 0 Å². The second kappa shape index (κ2) is 10.2. The van der Waals surface area contributed by atoms with Crippen LogP contribution in [0.3, 0.4) is 0 Å². The number of hydrogen-bond donors (Lipinski definition) is 2. The quantitative estimate of drug-likeness (QED) is 0.370. The Hall–Kier alpha value is -4.52. The Balaban J connectivity index is 1.32. The van der Waals surface area contributed by atoms with E-state index < -0.39 is 0 Å². The van der Waals surface area contributed by atoms with Crippen LogP contribution in [0.4, 0.5) is 11.4 Å². The Kier molecular flexibility index (Phi) is 6.70. The van der Waals surface area contributed by atoms with Crippen molar-refractivity contribution in [3.63, 3.8) is 0 Å². The number of para-hydroxylation sites is 3. The summed E-state index contributed by atoms with van der Waals surface area (Å²) in [6.45, 7) is -0.183. The molecule has 0 spiro atoms. The van der Waals surface area contributed by atoms with Gasteiger partial charge in [-0.3, -0.25) is 9.59 Å². The molecule has 0 saturated heterocycles. The smallest absolute Gasteiger partial charge is 0.262 e. The van der Waals surface area contributed by atoms with Crippen molar-refractivity contribution >= 4 is 40.2 Å². The lowest BCUT2D eigenvalue weighted by atomic mass is 10.2. The third-order valence-corrected chi connectivity index (χ3v) is 4.69. The summed E-state index contributed by atoms with van der Waals surface area (Å²) in [5, 5.41) is 6.48. The van der Waals surface area contributed by atoms with Crippen molar-refractivity contribution in [2.75, 3.05) is 24.4 Å². The molecule has 33 heavy (non-hydrogen) atoms. The number of benzene rings is 3. The van der Waals surface area contributed by atoms with Crippen molar-refractivity contribution in [3.05, 3.63) is 90.7 Å². The average Bonchev–Trinajstić information content (AvgIpc) is 3.25. The first kappa shape index (κ1) is 21.7. The number of carbonyl (C=O) groups excluding carboxylic acids is 2. The average molecular weight is 442 g/mol. The molecular formula is C26H22N2O5. The fourth-order valence-electron chi connectivity index (χ4n) is 3.18. The van der Waals surface area contributed by atoms with Gasteiger partial charge < -0.3 is 24.5 Å². The number of anilines is 2. The zero-order valence-corrected chi connectivity index (χ0v) is 17.9. The Morgan fingerprint density at radius 3 is 2.39 bits per heavy atom. The molecule has 0 aliphatic heterocycles. The van der Waals surface area contributed by atoms with Gasteiger partial charge in [0.1, 0.15) is 11.3 Å². The predicted molar refractivity (Wildman–Crippen MR) is 127 cm³/mol. The predicted octanol–water partition coefficient (Wildman–Crippen LogP) is 5.11. The number of rotatable bonds is 8. The lowest BCUT2D eigenvalue weighted by Gasteiger charge is -2.11. The summed E-state index contributed by atoms with van der Waals surface area (Å²) in [7, 11) is 1.54. The fraction of sp³-hybridized carbons (Fsp3) is 0.0769. The molecular weight excluding hydrogens is 420 g/mol. The summed E-state index contributed by atoms with van der Waals surface area (Å²) in [5.74, 6) is 0.952. The number of fused-ring (bicyclic) bond motifs is 1. The van der Waals surface area contributed by atoms with E-state index in [1.54, 1.807) is 48.5 Å². The third kappa shape index (κ3) is 5.80. The highest BCUT2D eigenvalue weighted by Crippen LogP contribution is 2.25. The van der Waals surface area contributed by atoms with Gasteiger partial charge in [0.25, 0.3) is 5.91 Å². The van der Waals surface area contributed by atoms with Gasteiger partial charge in [0.15, 0.2) is 18.1 Å². The van der Waals surface area contributed by atoms with Crippen molar-refractivity contribution in [1.29, 1.82) is 0 Å². The molecule has 0 atom stereocenters. The number of carbonyl (C=O) groups is 2. The van der Waals surface area contributed by atoms with E-state index in [1.165, 1.54) is 13.2 Å². The molecule has 0 aliphatic rings. The van der Waals surface area contributed by atoms with Gasteiger partial charge in [0.05, 0.1) is 7.11 Å². The topological polar surface area (TPSA) is 89.8 Å². The SMILES string of the molecule is COc1ccccc1OCC(=O)Nc1cccc(NC(=O)/C=C/c2cc3ccccc3o2)c1. The van der Waals surface area contributed by atoms with Crippen molar-refractivity contribution in [1.82, 2.24) is 0 Å². The van der Waals surface area contributed by atoms with Crippen molar-refractivity contribution in [3.8, 4) is 11.5 Å². The van der Waals surface area contributed by atoms with E-state index in [9.17, 15) is 9.59 Å². The zero-order chi connectivity index (χ0) is 23.0. The molecule has 0 radical (unpaired) electrons. The molecule has 166 valence electrons. The minimum atomic E-state index is -0.339. The first-order chi connectivity index (χ1) is 16.1. The Morgan fingerprint density at radius 1 is 0.879 bits per heavy atom. The van der Waals surface area contributed by atoms with Gasteiger partial charge in [-0.15, -0.1) is 0 Å². The van der Waals surface area contributed by atoms with E-state index in [1.807, 2.05) is 36.4 Å². The van der Waals surface area contributed by atoms with E-state index in [4.69, 9.17) is 13.9 Å². The van der Waals surface area contributed by atoms with Crippen LogP contribution in [0.2, 0.25) is 0 Å². The van der Waals surface area contributed by atoms with Gasteiger partial charge >= 0.3 is 0 Å². The molecule has 0 aliphatic carbocycles. The second-order valence-corrected chi connectivity index (χ2v) is 7.08. The number of amides is 2. The third-order valence-electron chi connectivity index (χ3n) is 4.69. The number of furan rings is 1. The highest BCUT2D eigenvalue weighted by Gasteiger charge is 2.08. The van der Waals surface area contributed by atoms with Gasteiger partial charge in [0.2, 0.25) is 5.91 Å². The van der Waals surface area contributed by atoms with Gasteiger partial charge in [0, 0.05) is 22.8 Å². The van der Waals surface area contributed by atoms with Crippen molar-refractivity contribution < 1.29 is 23.5 Å². The highest BCUT2D eigenvalue weighted by molar-refractivity contribution is 6.02. The number of hydrogen-bond acceptors (Lipinski definition) is 5. The summed E-state index contributed by atoms with van der Waals surface area (Å²) in [6, 6.07) is 23.4. The molecule has 7 nitrogen and oxygen atoms in total. The Bertz CT molecular complexity index is 1280. The van der Waals surface area contributed by atoms with Crippen LogP contribution in [-0.2, 0) is 9.59 Å². The van der Waals surface area contributed by atoms with Gasteiger partial charge in [-0.1, -0.05) is 36.4 Å². The number of methoxy groups -OCH3 is 1. The van der Waals surface area contributed by atoms with Crippen LogP contribution in [0.25, 0.3) is 17.0 Å². The molecule has 2 N–H and O–H groups in total. The normalized spacial score (nSPS) is 10.8. The maximum atomic E-state index is 12.3. The maximum Gasteiger partial charge on any atom is 0.262 e. The Morgan fingerprint density at radius 2 is 1.61 bits per heavy atom. The fourth-order valence-corrected chi connectivity index (χ4v) is 3.18. The van der Waals surface area contributed by atoms with E-state index in [-0.39, 0.29) is 18.4 Å². The number of ether oxygens (including phenoxy) is 2. The molecule has 0 fully saturated rings. The van der Waals surface area contributed by atoms with E-state index in [2.05, 4.69) is 10.6 Å². The molecule has 3 aromatic carbocycles. The molecule has 1 heterocycles. The van der Waals surface area contributed by atoms with Gasteiger partial charge in [-0.2, -0.15) is 0 Å². The van der Waals surface area contributed by atoms with Gasteiger partial charge in [-0.25, -0.2) is 0 Å². The largest absolute Gasteiger partial charge is 0.493 e. The number of nitrogens with one attached hydrogen (secondary N) is 2. The summed E-state index contributed by atoms with van der Waals surface area (Å²) >= 11 is 0. The molecule has 4 aromatic rings. The van der Waals surface area contributed by atoms with Crippen molar-refractivity contribution in [2.24, 2.45) is 0 Å². The minimum absolute atomic E-state index is 0.183. The molecule has 0 bridgehead atoms. The van der Waals surface area contributed by atoms with Crippen LogP contribution in [0.1, 0.15) is 5.76 Å². The van der Waals surface area contributed by atoms with Crippen LogP contribution in [0.5, 0.6) is 11.5 Å². The molecule has 7 heteroatoms. The van der Waals surface area contributed by atoms with Crippen LogP contribution in [-0.4, -0.2) is 25.5 Å². The molecule has 0 saturated carbocycles. The summed E-state index contributed by atoms with van der Waals surface area (Å²) < 4.78 is 16.4. The van der Waals surface area contributed by atoms with E-state index in [0.29, 0.717) is 28.6 Å². The lowest BCUT2D eigenvalue weighted by Crippen LogP contribution is -2.20. The maximum absolute atomic E-state index is 12.3. The Labute approximate surface area is 190 Å². The van der Waals surface area contributed by atoms with Gasteiger partial charge in [-0.05, 0) is 48.5 Å². The minimum Gasteiger partial charge on any atom is -0.493 e. The summed E-state index contributed by atoms with van der Waals surface area (Å²) in [6.07, 6.45) is 3.00. The highest BCUT2D eigenvalue weighted by atomic mass is 16.5. The molecule has 2 amide bonds. The zero-order valence-electron chi connectivity index (χ0n) is 17.9. The second-order valence-electron chi connectivity index (χ2n) is 7.08. The van der Waals surface area contributed by atoms with Crippen LogP contribution >= 0.6 is 0 Å². The first-order valence-corrected chi connectivity index (χ1v) is 10.2. The van der Waals surface area contributed by atoms with Crippen LogP contribution in [0.15, 0.2) is 89.4 Å². The molecule has 0 unspecified atom stereocenters. The first-order valence-electron chi connectivity index (χ1n) is 10.2. The summed E-state index contributed by atoms with van der Waals surface area (Å²) in [4.78, 5) is 24.6. The van der Waals surface area contributed by atoms with Crippen LogP contribution < -0.4 is 20.1 Å². The van der Waals surface area contributed by atoms with Crippen LogP contribution in [0, 0.1) is 0 Å². The monoisotopic (exact) mass is 442 g/mol. The van der Waals surface area contributed by atoms with E-state index >= 15 is 0 Å². The lowest BCUT2D eigenvalue weighted by molar-refractivity contribution is -0.118. The summed E-state index contributed by atoms with van der Waals surface area (Å²) in [5.41, 5.74) is 1.83. The van der Waals surface area contributed by atoms with E-state index in [0.717, 1.165) is 11.0 Å².